The standard InChI is InChI=1S/C23H27N5O4/c1-2-31-20-12-16(3-4-19(20)32-15-21(29)30)13-28-10-5-17(14-28)11-18-22(25-7-6-24-18)23-26-8-9-27-23/h3-4,6-9,12,17H,2,5,10-11,13-15H2,1H3,(H,26,27)(H,29,30)/t17-/m0/s1. The van der Waals surface area contributed by atoms with Gasteiger partial charge in [0, 0.05) is 37.9 Å². The zero-order valence-electron chi connectivity index (χ0n) is 18.0. The van der Waals surface area contributed by atoms with Crippen molar-refractivity contribution in [3.63, 3.8) is 0 Å². The van der Waals surface area contributed by atoms with Gasteiger partial charge in [0.15, 0.2) is 23.9 Å². The summed E-state index contributed by atoms with van der Waals surface area (Å²) in [5, 5.41) is 8.86. The average molecular weight is 438 g/mol. The van der Waals surface area contributed by atoms with Crippen LogP contribution in [0.15, 0.2) is 43.0 Å². The molecule has 0 spiro atoms. The Kier molecular flexibility index (Phi) is 6.96. The third-order valence-electron chi connectivity index (χ3n) is 5.41. The van der Waals surface area contributed by atoms with Crippen LogP contribution >= 0.6 is 0 Å². The molecule has 0 amide bonds. The summed E-state index contributed by atoms with van der Waals surface area (Å²) in [4.78, 5) is 29.7. The highest BCUT2D eigenvalue weighted by Crippen LogP contribution is 2.30. The third-order valence-corrected chi connectivity index (χ3v) is 5.41. The van der Waals surface area contributed by atoms with Crippen molar-refractivity contribution in [3.05, 3.63) is 54.2 Å². The number of ether oxygens (including phenoxy) is 2. The van der Waals surface area contributed by atoms with Crippen molar-refractivity contribution in [2.45, 2.75) is 26.3 Å². The molecule has 0 aliphatic carbocycles. The molecule has 1 atom stereocenters. The lowest BCUT2D eigenvalue weighted by Crippen LogP contribution is -2.21. The minimum atomic E-state index is -1.02. The van der Waals surface area contributed by atoms with Crippen LogP contribution in [0.2, 0.25) is 0 Å². The number of carboxylic acid groups (broad SMARTS) is 1. The summed E-state index contributed by atoms with van der Waals surface area (Å²) in [6, 6.07) is 5.68. The van der Waals surface area contributed by atoms with E-state index in [2.05, 4.69) is 24.8 Å². The summed E-state index contributed by atoms with van der Waals surface area (Å²) in [6.45, 7) is 4.74. The summed E-state index contributed by atoms with van der Waals surface area (Å²) in [5.41, 5.74) is 2.88. The van der Waals surface area contributed by atoms with Crippen LogP contribution in [0, 0.1) is 5.92 Å². The molecule has 0 unspecified atom stereocenters. The molecule has 1 aromatic carbocycles. The molecular formula is C23H27N5O4. The van der Waals surface area contributed by atoms with Crippen LogP contribution < -0.4 is 9.47 Å². The summed E-state index contributed by atoms with van der Waals surface area (Å²) in [6.07, 6.45) is 8.89. The summed E-state index contributed by atoms with van der Waals surface area (Å²) < 4.78 is 11.0. The molecule has 1 aliphatic heterocycles. The summed E-state index contributed by atoms with van der Waals surface area (Å²) in [7, 11) is 0. The topological polar surface area (TPSA) is 113 Å². The fourth-order valence-corrected chi connectivity index (χ4v) is 4.04. The molecule has 9 heteroatoms. The van der Waals surface area contributed by atoms with Gasteiger partial charge < -0.3 is 19.6 Å². The second-order valence-corrected chi connectivity index (χ2v) is 7.78. The van der Waals surface area contributed by atoms with Crippen molar-refractivity contribution in [2.24, 2.45) is 5.92 Å². The molecule has 0 radical (unpaired) electrons. The average Bonchev–Trinajstić information content (AvgIpc) is 3.46. The highest BCUT2D eigenvalue weighted by atomic mass is 16.5. The van der Waals surface area contributed by atoms with Gasteiger partial charge in [-0.3, -0.25) is 9.88 Å². The molecule has 3 heterocycles. The SMILES string of the molecule is CCOc1cc(CN2CC[C@@H](Cc3nccnc3-c3ncc[nH]3)C2)ccc1OCC(=O)O. The Morgan fingerprint density at radius 3 is 2.84 bits per heavy atom. The number of carboxylic acids is 1. The van der Waals surface area contributed by atoms with E-state index in [1.54, 1.807) is 30.9 Å². The van der Waals surface area contributed by atoms with Gasteiger partial charge in [0.25, 0.3) is 0 Å². The molecule has 2 aromatic heterocycles. The van der Waals surface area contributed by atoms with E-state index in [0.29, 0.717) is 24.0 Å². The zero-order valence-corrected chi connectivity index (χ0v) is 18.0. The van der Waals surface area contributed by atoms with E-state index in [1.807, 2.05) is 19.1 Å². The van der Waals surface area contributed by atoms with Gasteiger partial charge in [-0.2, -0.15) is 0 Å². The first-order valence-corrected chi connectivity index (χ1v) is 10.7. The Morgan fingerprint density at radius 1 is 1.19 bits per heavy atom. The molecule has 1 fully saturated rings. The van der Waals surface area contributed by atoms with E-state index in [1.165, 1.54) is 0 Å². The van der Waals surface area contributed by atoms with Crippen LogP contribution in [0.4, 0.5) is 0 Å². The van der Waals surface area contributed by atoms with Gasteiger partial charge in [-0.1, -0.05) is 6.07 Å². The lowest BCUT2D eigenvalue weighted by Gasteiger charge is -2.18. The van der Waals surface area contributed by atoms with Crippen molar-refractivity contribution >= 4 is 5.97 Å². The van der Waals surface area contributed by atoms with Crippen molar-refractivity contribution in [2.75, 3.05) is 26.3 Å². The van der Waals surface area contributed by atoms with E-state index in [4.69, 9.17) is 14.6 Å². The molecule has 2 N–H and O–H groups in total. The molecule has 32 heavy (non-hydrogen) atoms. The van der Waals surface area contributed by atoms with Crippen LogP contribution in [-0.4, -0.2) is 62.2 Å². The fourth-order valence-electron chi connectivity index (χ4n) is 4.04. The first-order chi connectivity index (χ1) is 15.6. The number of benzene rings is 1. The Morgan fingerprint density at radius 2 is 2.06 bits per heavy atom. The van der Waals surface area contributed by atoms with Gasteiger partial charge in [0.05, 0.1) is 12.3 Å². The van der Waals surface area contributed by atoms with Gasteiger partial charge >= 0.3 is 5.97 Å². The lowest BCUT2D eigenvalue weighted by atomic mass is 10.0. The van der Waals surface area contributed by atoms with Gasteiger partial charge in [-0.05, 0) is 49.9 Å². The van der Waals surface area contributed by atoms with Gasteiger partial charge in [0.1, 0.15) is 5.69 Å². The molecule has 1 aliphatic rings. The number of aromatic amines is 1. The van der Waals surface area contributed by atoms with Crippen molar-refractivity contribution in [1.82, 2.24) is 24.8 Å². The molecule has 168 valence electrons. The van der Waals surface area contributed by atoms with Crippen LogP contribution in [0.25, 0.3) is 11.5 Å². The number of aliphatic carboxylic acids is 1. The molecule has 0 saturated carbocycles. The Labute approximate surface area is 186 Å². The molecule has 0 bridgehead atoms. The van der Waals surface area contributed by atoms with Crippen molar-refractivity contribution < 1.29 is 19.4 Å². The van der Waals surface area contributed by atoms with Crippen LogP contribution in [-0.2, 0) is 17.8 Å². The smallest absolute Gasteiger partial charge is 0.341 e. The Balaban J connectivity index is 1.38. The van der Waals surface area contributed by atoms with Crippen molar-refractivity contribution in [3.8, 4) is 23.0 Å². The maximum absolute atomic E-state index is 10.8. The van der Waals surface area contributed by atoms with Gasteiger partial charge in [-0.15, -0.1) is 0 Å². The largest absolute Gasteiger partial charge is 0.490 e. The minimum absolute atomic E-state index is 0.393. The monoisotopic (exact) mass is 437 g/mol. The third kappa shape index (κ3) is 5.42. The maximum Gasteiger partial charge on any atom is 0.341 e. The second-order valence-electron chi connectivity index (χ2n) is 7.78. The van der Waals surface area contributed by atoms with E-state index >= 15 is 0 Å². The number of rotatable bonds is 10. The summed E-state index contributed by atoms with van der Waals surface area (Å²) >= 11 is 0. The normalized spacial score (nSPS) is 16.2. The predicted octanol–water partition coefficient (Wildman–Crippen LogP) is 2.79. The van der Waals surface area contributed by atoms with Crippen molar-refractivity contribution in [1.29, 1.82) is 0 Å². The summed E-state index contributed by atoms with van der Waals surface area (Å²) in [5.74, 6) is 1.24. The quantitative estimate of drug-likeness (QED) is 0.498. The highest BCUT2D eigenvalue weighted by molar-refractivity contribution is 5.68. The predicted molar refractivity (Wildman–Crippen MR) is 117 cm³/mol. The van der Waals surface area contributed by atoms with Crippen LogP contribution in [0.5, 0.6) is 11.5 Å². The van der Waals surface area contributed by atoms with Crippen LogP contribution in [0.1, 0.15) is 24.6 Å². The number of aromatic nitrogens is 4. The fraction of sp³-hybridized carbons (Fsp3) is 0.391. The Bertz CT molecular complexity index is 1040. The number of H-pyrrole nitrogens is 1. The maximum atomic E-state index is 10.8. The molecule has 1 saturated heterocycles. The number of hydrogen-bond acceptors (Lipinski definition) is 7. The molecule has 4 rings (SSSR count). The zero-order chi connectivity index (χ0) is 22.3. The second kappa shape index (κ2) is 10.2. The Hall–Kier alpha value is -3.46. The highest BCUT2D eigenvalue weighted by Gasteiger charge is 2.25. The number of carbonyl (C=O) groups is 1. The molecule has 9 nitrogen and oxygen atoms in total. The molecular weight excluding hydrogens is 410 g/mol. The number of imidazole rings is 1. The minimum Gasteiger partial charge on any atom is -0.490 e. The van der Waals surface area contributed by atoms with Gasteiger partial charge in [0.2, 0.25) is 0 Å². The molecule has 3 aromatic rings. The number of likely N-dealkylation sites (tertiary alicyclic amines) is 1. The van der Waals surface area contributed by atoms with Gasteiger partial charge in [-0.25, -0.2) is 14.8 Å². The van der Waals surface area contributed by atoms with E-state index in [0.717, 1.165) is 55.3 Å². The van der Waals surface area contributed by atoms with E-state index in [9.17, 15) is 4.79 Å². The number of nitrogens with one attached hydrogen (secondary N) is 1. The lowest BCUT2D eigenvalue weighted by molar-refractivity contribution is -0.139. The number of nitrogens with zero attached hydrogens (tertiary/aromatic N) is 4. The van der Waals surface area contributed by atoms with Crippen LogP contribution in [0.3, 0.4) is 0 Å². The first-order valence-electron chi connectivity index (χ1n) is 10.7. The number of hydrogen-bond donors (Lipinski definition) is 2. The first kappa shape index (κ1) is 21.8. The van der Waals surface area contributed by atoms with E-state index in [-0.39, 0.29) is 0 Å². The van der Waals surface area contributed by atoms with E-state index < -0.39 is 12.6 Å².